The maximum Gasteiger partial charge on any atom is 0.185 e. The van der Waals surface area contributed by atoms with E-state index >= 15 is 0 Å². The number of hydrogen-bond donors (Lipinski definition) is 3. The van der Waals surface area contributed by atoms with E-state index in [1.807, 2.05) is 31.2 Å². The van der Waals surface area contributed by atoms with Gasteiger partial charge in [0.1, 0.15) is 12.0 Å². The van der Waals surface area contributed by atoms with Gasteiger partial charge in [-0.05, 0) is 45.1 Å². The van der Waals surface area contributed by atoms with Gasteiger partial charge in [-0.25, -0.2) is 9.97 Å². The van der Waals surface area contributed by atoms with Crippen LogP contribution in [0.25, 0.3) is 11.3 Å². The van der Waals surface area contributed by atoms with Crippen LogP contribution in [-0.2, 0) is 0 Å². The fourth-order valence-corrected chi connectivity index (χ4v) is 3.14. The van der Waals surface area contributed by atoms with Gasteiger partial charge in [0.15, 0.2) is 11.6 Å². The van der Waals surface area contributed by atoms with Crippen molar-refractivity contribution in [2.24, 2.45) is 11.7 Å². The lowest BCUT2D eigenvalue weighted by Gasteiger charge is -2.28. The zero-order valence-electron chi connectivity index (χ0n) is 13.5. The van der Waals surface area contributed by atoms with Crippen molar-refractivity contribution >= 4 is 5.82 Å². The number of nitrogens with one attached hydrogen (secondary N) is 1. The highest BCUT2D eigenvalue weighted by Crippen LogP contribution is 2.34. The van der Waals surface area contributed by atoms with E-state index < -0.39 is 0 Å². The van der Waals surface area contributed by atoms with Gasteiger partial charge in [-0.3, -0.25) is 0 Å². The van der Waals surface area contributed by atoms with Crippen molar-refractivity contribution in [2.45, 2.75) is 38.6 Å². The SMILES string of the molecule is Cc1ccc(-c2ncnc(N[C@H]3CC[C@H](CN)CC3)c2O)cc1. The van der Waals surface area contributed by atoms with Crippen molar-refractivity contribution in [1.82, 2.24) is 9.97 Å². The Labute approximate surface area is 137 Å². The highest BCUT2D eigenvalue weighted by Gasteiger charge is 2.22. The van der Waals surface area contributed by atoms with Crippen molar-refractivity contribution < 1.29 is 5.11 Å². The third-order valence-corrected chi connectivity index (χ3v) is 4.67. The van der Waals surface area contributed by atoms with Gasteiger partial charge < -0.3 is 16.2 Å². The van der Waals surface area contributed by atoms with Crippen LogP contribution >= 0.6 is 0 Å². The lowest BCUT2D eigenvalue weighted by atomic mass is 9.86. The van der Waals surface area contributed by atoms with Crippen LogP contribution in [0.1, 0.15) is 31.2 Å². The average Bonchev–Trinajstić information content (AvgIpc) is 2.58. The molecule has 1 aromatic carbocycles. The van der Waals surface area contributed by atoms with E-state index in [4.69, 9.17) is 5.73 Å². The van der Waals surface area contributed by atoms with E-state index in [1.165, 1.54) is 11.9 Å². The van der Waals surface area contributed by atoms with Gasteiger partial charge in [-0.1, -0.05) is 29.8 Å². The molecule has 0 atom stereocenters. The second kappa shape index (κ2) is 6.96. The number of aromatic hydroxyl groups is 1. The molecule has 0 bridgehead atoms. The first-order chi connectivity index (χ1) is 11.2. The molecule has 5 heteroatoms. The molecule has 0 amide bonds. The molecule has 1 aromatic heterocycles. The van der Waals surface area contributed by atoms with Gasteiger partial charge in [-0.15, -0.1) is 0 Å². The number of aromatic nitrogens is 2. The van der Waals surface area contributed by atoms with Crippen LogP contribution in [0.2, 0.25) is 0 Å². The Morgan fingerprint density at radius 2 is 1.83 bits per heavy atom. The number of anilines is 1. The van der Waals surface area contributed by atoms with E-state index in [-0.39, 0.29) is 5.75 Å². The molecule has 1 fully saturated rings. The fraction of sp³-hybridized carbons (Fsp3) is 0.444. The molecule has 1 aliphatic rings. The Kier molecular flexibility index (Phi) is 4.76. The molecular weight excluding hydrogens is 288 g/mol. The van der Waals surface area contributed by atoms with Gasteiger partial charge in [-0.2, -0.15) is 0 Å². The predicted molar refractivity (Wildman–Crippen MR) is 92.3 cm³/mol. The van der Waals surface area contributed by atoms with Crippen molar-refractivity contribution in [3.63, 3.8) is 0 Å². The molecule has 0 unspecified atom stereocenters. The van der Waals surface area contributed by atoms with Crippen LogP contribution in [0, 0.1) is 12.8 Å². The van der Waals surface area contributed by atoms with Crippen molar-refractivity contribution in [3.05, 3.63) is 36.2 Å². The quantitative estimate of drug-likeness (QED) is 0.808. The summed E-state index contributed by atoms with van der Waals surface area (Å²) in [5.41, 5.74) is 8.38. The summed E-state index contributed by atoms with van der Waals surface area (Å²) in [6.07, 6.45) is 5.88. The molecule has 23 heavy (non-hydrogen) atoms. The van der Waals surface area contributed by atoms with E-state index in [9.17, 15) is 5.11 Å². The van der Waals surface area contributed by atoms with Gasteiger partial charge >= 0.3 is 0 Å². The Morgan fingerprint density at radius 3 is 2.48 bits per heavy atom. The Bertz CT molecular complexity index is 649. The van der Waals surface area contributed by atoms with Crippen LogP contribution in [0.15, 0.2) is 30.6 Å². The first kappa shape index (κ1) is 15.7. The minimum absolute atomic E-state index is 0.123. The molecular formula is C18H24N4O. The van der Waals surface area contributed by atoms with Crippen LogP contribution in [0.5, 0.6) is 5.75 Å². The van der Waals surface area contributed by atoms with E-state index in [1.54, 1.807) is 0 Å². The van der Waals surface area contributed by atoms with Gasteiger partial charge in [0.2, 0.25) is 0 Å². The molecule has 4 N–H and O–H groups in total. The van der Waals surface area contributed by atoms with Crippen molar-refractivity contribution in [3.8, 4) is 17.0 Å². The highest BCUT2D eigenvalue weighted by atomic mass is 16.3. The van der Waals surface area contributed by atoms with Crippen molar-refractivity contribution in [2.75, 3.05) is 11.9 Å². The van der Waals surface area contributed by atoms with E-state index in [0.717, 1.165) is 37.8 Å². The zero-order chi connectivity index (χ0) is 16.2. The second-order valence-electron chi connectivity index (χ2n) is 6.38. The standard InChI is InChI=1S/C18H24N4O/c1-12-2-6-14(7-3-12)16-17(23)18(21-11-20-16)22-15-8-4-13(10-19)5-9-15/h2-3,6-7,11,13,15,23H,4-5,8-10,19H2,1H3,(H,20,21,22)/t13-,15-. The molecule has 0 saturated heterocycles. The average molecular weight is 312 g/mol. The molecule has 1 saturated carbocycles. The van der Waals surface area contributed by atoms with Crippen LogP contribution < -0.4 is 11.1 Å². The molecule has 122 valence electrons. The number of benzene rings is 1. The topological polar surface area (TPSA) is 84.1 Å². The maximum atomic E-state index is 10.5. The molecule has 0 radical (unpaired) electrons. The van der Waals surface area contributed by atoms with E-state index in [0.29, 0.717) is 23.5 Å². The first-order valence-electron chi connectivity index (χ1n) is 8.25. The van der Waals surface area contributed by atoms with Gasteiger partial charge in [0.05, 0.1) is 0 Å². The van der Waals surface area contributed by atoms with Gasteiger partial charge in [0.25, 0.3) is 0 Å². The molecule has 0 spiro atoms. The van der Waals surface area contributed by atoms with E-state index in [2.05, 4.69) is 15.3 Å². The molecule has 3 rings (SSSR count). The number of rotatable bonds is 4. The molecule has 1 aliphatic carbocycles. The number of nitrogens with two attached hydrogens (primary N) is 1. The number of aryl methyl sites for hydroxylation is 1. The van der Waals surface area contributed by atoms with Gasteiger partial charge in [0, 0.05) is 11.6 Å². The lowest BCUT2D eigenvalue weighted by Crippen LogP contribution is -2.29. The smallest absolute Gasteiger partial charge is 0.185 e. The monoisotopic (exact) mass is 312 g/mol. The number of hydrogen-bond acceptors (Lipinski definition) is 5. The fourth-order valence-electron chi connectivity index (χ4n) is 3.14. The zero-order valence-corrected chi connectivity index (χ0v) is 13.5. The third kappa shape index (κ3) is 3.62. The first-order valence-corrected chi connectivity index (χ1v) is 8.25. The largest absolute Gasteiger partial charge is 0.503 e. The maximum absolute atomic E-state index is 10.5. The van der Waals surface area contributed by atoms with Crippen LogP contribution in [-0.4, -0.2) is 27.7 Å². The second-order valence-corrected chi connectivity index (χ2v) is 6.38. The molecule has 1 heterocycles. The Hall–Kier alpha value is -2.14. The van der Waals surface area contributed by atoms with Crippen molar-refractivity contribution in [1.29, 1.82) is 0 Å². The normalized spacial score (nSPS) is 21.1. The summed E-state index contributed by atoms with van der Waals surface area (Å²) >= 11 is 0. The molecule has 5 nitrogen and oxygen atoms in total. The lowest BCUT2D eigenvalue weighted by molar-refractivity contribution is 0.343. The summed E-state index contributed by atoms with van der Waals surface area (Å²) in [4.78, 5) is 8.46. The molecule has 0 aliphatic heterocycles. The summed E-state index contributed by atoms with van der Waals surface area (Å²) in [7, 11) is 0. The minimum atomic E-state index is 0.123. The molecule has 2 aromatic rings. The summed E-state index contributed by atoms with van der Waals surface area (Å²) in [6, 6.07) is 8.29. The Balaban J connectivity index is 1.76. The van der Waals surface area contributed by atoms with Crippen LogP contribution in [0.4, 0.5) is 5.82 Å². The highest BCUT2D eigenvalue weighted by molar-refractivity contribution is 5.72. The third-order valence-electron chi connectivity index (χ3n) is 4.67. The number of nitrogens with zero attached hydrogens (tertiary/aromatic N) is 2. The van der Waals surface area contributed by atoms with Crippen LogP contribution in [0.3, 0.4) is 0 Å². The summed E-state index contributed by atoms with van der Waals surface area (Å²) in [6.45, 7) is 2.80. The predicted octanol–water partition coefficient (Wildman–Crippen LogP) is 3.09. The Morgan fingerprint density at radius 1 is 1.13 bits per heavy atom. The summed E-state index contributed by atoms with van der Waals surface area (Å²) in [5.74, 6) is 1.28. The summed E-state index contributed by atoms with van der Waals surface area (Å²) in [5, 5.41) is 13.9. The minimum Gasteiger partial charge on any atom is -0.503 e. The summed E-state index contributed by atoms with van der Waals surface area (Å²) < 4.78 is 0.